The summed E-state index contributed by atoms with van der Waals surface area (Å²) >= 11 is 36.4. The van der Waals surface area contributed by atoms with Crippen molar-refractivity contribution in [1.29, 1.82) is 0 Å². The van der Waals surface area contributed by atoms with E-state index in [0.29, 0.717) is 0 Å². The van der Waals surface area contributed by atoms with Gasteiger partial charge in [-0.2, -0.15) is 19.9 Å². The Morgan fingerprint density at radius 1 is 0.594 bits per heavy atom. The van der Waals surface area contributed by atoms with Crippen molar-refractivity contribution in [2.45, 2.75) is 0 Å². The van der Waals surface area contributed by atoms with Gasteiger partial charge in [-0.3, -0.25) is 0 Å². The van der Waals surface area contributed by atoms with Crippen LogP contribution >= 0.6 is 77.4 Å². The molecule has 170 valence electrons. The highest BCUT2D eigenvalue weighted by Gasteiger charge is 2.38. The van der Waals surface area contributed by atoms with Gasteiger partial charge in [-0.15, -0.1) is 0 Å². The summed E-state index contributed by atoms with van der Waals surface area (Å²) in [5.41, 5.74) is 0. The standard InChI is InChI=1S/C15H9Cl6N6O4P/c16-10(25-7-1-4-22-25)13(19)29-32(28,30-14(20)11(17)26-8-2-5-23-26)31-15(21)12(18)27-9-3-6-24-27/h1-9H/b13-10-,14-11-,15-12-. The average molecular weight is 581 g/mol. The third kappa shape index (κ3) is 6.17. The first-order valence-electron chi connectivity index (χ1n) is 8.05. The predicted molar refractivity (Wildman–Crippen MR) is 122 cm³/mol. The van der Waals surface area contributed by atoms with Crippen LogP contribution in [-0.2, 0) is 18.1 Å². The molecule has 0 fully saturated rings. The Morgan fingerprint density at radius 3 is 1.09 bits per heavy atom. The molecule has 0 atom stereocenters. The number of aromatic nitrogens is 6. The molecule has 0 N–H and O–H groups in total. The van der Waals surface area contributed by atoms with E-state index in [1.54, 1.807) is 18.2 Å². The van der Waals surface area contributed by atoms with Crippen LogP contribution in [0.3, 0.4) is 0 Å². The average Bonchev–Trinajstić information content (AvgIpc) is 3.54. The van der Waals surface area contributed by atoms with Crippen molar-refractivity contribution < 1.29 is 18.1 Å². The molecule has 0 bridgehead atoms. The zero-order chi connectivity index (χ0) is 23.3. The van der Waals surface area contributed by atoms with Gasteiger partial charge in [-0.05, 0) is 53.0 Å². The van der Waals surface area contributed by atoms with Crippen LogP contribution in [0.2, 0.25) is 0 Å². The van der Waals surface area contributed by atoms with Crippen molar-refractivity contribution in [1.82, 2.24) is 29.3 Å². The zero-order valence-corrected chi connectivity index (χ0v) is 20.7. The Balaban J connectivity index is 1.96. The monoisotopic (exact) mass is 578 g/mol. The van der Waals surface area contributed by atoms with E-state index in [1.807, 2.05) is 0 Å². The van der Waals surface area contributed by atoms with Crippen LogP contribution < -0.4 is 0 Å². The smallest absolute Gasteiger partial charge is 0.371 e. The first-order chi connectivity index (χ1) is 15.2. The Morgan fingerprint density at radius 2 is 0.875 bits per heavy atom. The molecule has 0 unspecified atom stereocenters. The Kier molecular flexibility index (Phi) is 8.46. The largest absolute Gasteiger partial charge is 0.649 e. The first kappa shape index (κ1) is 24.9. The van der Waals surface area contributed by atoms with Crippen molar-refractivity contribution in [3.63, 3.8) is 0 Å². The minimum atomic E-state index is -4.80. The number of phosphoric acid groups is 1. The number of halogens is 6. The van der Waals surface area contributed by atoms with E-state index in [1.165, 1.54) is 37.2 Å². The Hall–Kier alpha value is -1.78. The number of phosphoric ester groups is 1. The van der Waals surface area contributed by atoms with E-state index in [-0.39, 0.29) is 15.5 Å². The maximum atomic E-state index is 13.4. The SMILES string of the molecule is O=P(O/C(Cl)=C(/Cl)n1cccn1)(O/C(Cl)=C(/Cl)n1cccn1)O/C(Cl)=C(/Cl)n1cccn1. The van der Waals surface area contributed by atoms with E-state index in [0.717, 1.165) is 14.0 Å². The fourth-order valence-electron chi connectivity index (χ4n) is 1.89. The second-order valence-electron chi connectivity index (χ2n) is 5.27. The normalized spacial score (nSPS) is 14.3. The van der Waals surface area contributed by atoms with Gasteiger partial charge in [0.2, 0.25) is 15.7 Å². The molecular weight excluding hydrogens is 572 g/mol. The summed E-state index contributed by atoms with van der Waals surface area (Å²) in [6.45, 7) is 0. The van der Waals surface area contributed by atoms with E-state index in [4.69, 9.17) is 83.2 Å². The molecule has 0 aliphatic heterocycles. The summed E-state index contributed by atoms with van der Waals surface area (Å²) in [5, 5.41) is 8.89. The number of hydrogen-bond acceptors (Lipinski definition) is 7. The maximum absolute atomic E-state index is 13.4. The lowest BCUT2D eigenvalue weighted by molar-refractivity contribution is 0.218. The van der Waals surface area contributed by atoms with Gasteiger partial charge in [0.25, 0.3) is 0 Å². The van der Waals surface area contributed by atoms with Crippen LogP contribution in [0, 0.1) is 0 Å². The molecule has 3 aromatic rings. The number of rotatable bonds is 9. The van der Waals surface area contributed by atoms with Crippen LogP contribution in [0.1, 0.15) is 0 Å². The van der Waals surface area contributed by atoms with Gasteiger partial charge in [0.1, 0.15) is 0 Å². The van der Waals surface area contributed by atoms with Gasteiger partial charge in [-0.25, -0.2) is 14.0 Å². The van der Waals surface area contributed by atoms with Crippen molar-refractivity contribution in [3.05, 3.63) is 71.0 Å². The van der Waals surface area contributed by atoms with E-state index >= 15 is 0 Å². The third-order valence-corrected chi connectivity index (χ3v) is 6.81. The van der Waals surface area contributed by atoms with Gasteiger partial charge in [0.15, 0.2) is 15.5 Å². The summed E-state index contributed by atoms with van der Waals surface area (Å²) < 4.78 is 32.2. The fourth-order valence-corrected chi connectivity index (χ4v) is 4.45. The highest BCUT2D eigenvalue weighted by atomic mass is 35.5. The summed E-state index contributed by atoms with van der Waals surface area (Å²) in [6, 6.07) is 4.68. The number of hydrogen-bond donors (Lipinski definition) is 0. The fraction of sp³-hybridized carbons (Fsp3) is 0. The Labute approximate surface area is 210 Å². The summed E-state index contributed by atoms with van der Waals surface area (Å²) in [5.74, 6) is 0. The third-order valence-electron chi connectivity index (χ3n) is 3.18. The number of nitrogens with zero attached hydrogens (tertiary/aromatic N) is 6. The van der Waals surface area contributed by atoms with Gasteiger partial charge in [0.05, 0.1) is 0 Å². The lowest BCUT2D eigenvalue weighted by Gasteiger charge is -2.19. The molecule has 3 aromatic heterocycles. The maximum Gasteiger partial charge on any atom is 0.649 e. The van der Waals surface area contributed by atoms with Gasteiger partial charge in [0, 0.05) is 37.2 Å². The Bertz CT molecular complexity index is 1050. The van der Waals surface area contributed by atoms with E-state index in [9.17, 15) is 4.57 Å². The van der Waals surface area contributed by atoms with Crippen molar-refractivity contribution in [3.8, 4) is 0 Å². The summed E-state index contributed by atoms with van der Waals surface area (Å²) in [6.07, 6.45) is 8.61. The molecule has 0 aliphatic carbocycles. The molecule has 32 heavy (non-hydrogen) atoms. The lowest BCUT2D eigenvalue weighted by atomic mass is 10.7. The molecule has 0 saturated carbocycles. The highest BCUT2D eigenvalue weighted by molar-refractivity contribution is 7.49. The molecule has 0 aromatic carbocycles. The zero-order valence-electron chi connectivity index (χ0n) is 15.2. The summed E-state index contributed by atoms with van der Waals surface area (Å²) in [7, 11) is -4.80. The molecule has 17 heteroatoms. The lowest BCUT2D eigenvalue weighted by Crippen LogP contribution is -2.03. The van der Waals surface area contributed by atoms with Gasteiger partial charge < -0.3 is 13.6 Å². The molecule has 3 rings (SSSR count). The predicted octanol–water partition coefficient (Wildman–Crippen LogP) is 6.52. The van der Waals surface area contributed by atoms with Crippen molar-refractivity contribution in [2.75, 3.05) is 0 Å². The summed E-state index contributed by atoms with van der Waals surface area (Å²) in [4.78, 5) is 0. The van der Waals surface area contributed by atoms with Crippen LogP contribution in [0.15, 0.2) is 71.0 Å². The molecule has 0 amide bonds. The molecule has 10 nitrogen and oxygen atoms in total. The van der Waals surface area contributed by atoms with Crippen LogP contribution in [-0.4, -0.2) is 29.3 Å². The van der Waals surface area contributed by atoms with E-state index < -0.39 is 23.5 Å². The minimum absolute atomic E-state index is 0.277. The van der Waals surface area contributed by atoms with Crippen molar-refractivity contribution >= 4 is 92.9 Å². The van der Waals surface area contributed by atoms with Crippen molar-refractivity contribution in [2.24, 2.45) is 0 Å². The first-order valence-corrected chi connectivity index (χ1v) is 11.8. The molecule has 0 aliphatic rings. The molecule has 0 spiro atoms. The second kappa shape index (κ2) is 10.9. The van der Waals surface area contributed by atoms with E-state index in [2.05, 4.69) is 15.3 Å². The molecule has 0 saturated heterocycles. The van der Waals surface area contributed by atoms with Gasteiger partial charge in [-0.1, -0.05) is 34.8 Å². The van der Waals surface area contributed by atoms with Crippen LogP contribution in [0.5, 0.6) is 0 Å². The molecular formula is C15H9Cl6N6O4P. The highest BCUT2D eigenvalue weighted by Crippen LogP contribution is 2.58. The van der Waals surface area contributed by atoms with Crippen LogP contribution in [0.4, 0.5) is 0 Å². The van der Waals surface area contributed by atoms with Gasteiger partial charge >= 0.3 is 7.82 Å². The second-order valence-corrected chi connectivity index (χ2v) is 8.81. The molecule has 0 radical (unpaired) electrons. The quantitative estimate of drug-likeness (QED) is 0.210. The topological polar surface area (TPSA) is 98.2 Å². The molecule has 3 heterocycles. The minimum Gasteiger partial charge on any atom is -0.371 e. The van der Waals surface area contributed by atoms with Crippen LogP contribution in [0.25, 0.3) is 15.5 Å².